The highest BCUT2D eigenvalue weighted by atomic mass is 19.2. The molecule has 0 aliphatic heterocycles. The fraction of sp³-hybridized carbons (Fsp3) is 0.625. The zero-order chi connectivity index (χ0) is 15.8. The maximum absolute atomic E-state index is 14.3. The molecule has 1 rings (SSSR count). The molecule has 0 saturated heterocycles. The van der Waals surface area contributed by atoms with Gasteiger partial charge in [-0.1, -0.05) is 19.1 Å². The molecule has 1 aromatic carbocycles. The van der Waals surface area contributed by atoms with E-state index in [4.69, 9.17) is 9.47 Å². The van der Waals surface area contributed by atoms with Crippen LogP contribution in [0, 0.1) is 18.6 Å². The van der Waals surface area contributed by atoms with Gasteiger partial charge in [-0.2, -0.15) is 0 Å². The molecule has 1 N–H and O–H groups in total. The summed E-state index contributed by atoms with van der Waals surface area (Å²) < 4.78 is 39.2. The van der Waals surface area contributed by atoms with Crippen LogP contribution in [0.15, 0.2) is 12.1 Å². The second-order valence-corrected chi connectivity index (χ2v) is 4.81. The summed E-state index contributed by atoms with van der Waals surface area (Å²) in [4.78, 5) is 0. The van der Waals surface area contributed by atoms with Crippen LogP contribution in [0.5, 0.6) is 0 Å². The van der Waals surface area contributed by atoms with Crippen molar-refractivity contribution in [2.75, 3.05) is 19.8 Å². The van der Waals surface area contributed by atoms with Crippen LogP contribution >= 0.6 is 0 Å². The Hall–Kier alpha value is -1.04. The summed E-state index contributed by atoms with van der Waals surface area (Å²) in [6.45, 7) is 8.77. The van der Waals surface area contributed by atoms with E-state index in [0.29, 0.717) is 19.8 Å². The minimum absolute atomic E-state index is 0.235. The van der Waals surface area contributed by atoms with Gasteiger partial charge in [-0.15, -0.1) is 0 Å². The van der Waals surface area contributed by atoms with Gasteiger partial charge in [0.05, 0.1) is 6.04 Å². The molecular formula is C16H25F2NO2. The van der Waals surface area contributed by atoms with Crippen LogP contribution in [0.2, 0.25) is 0 Å². The van der Waals surface area contributed by atoms with Crippen molar-refractivity contribution in [2.45, 2.75) is 46.4 Å². The van der Waals surface area contributed by atoms with Crippen molar-refractivity contribution in [1.82, 2.24) is 5.32 Å². The Bertz CT molecular complexity index is 435. The first kappa shape index (κ1) is 18.0. The minimum atomic E-state index is -0.840. The highest BCUT2D eigenvalue weighted by Crippen LogP contribution is 2.26. The third-order valence-electron chi connectivity index (χ3n) is 3.19. The maximum Gasteiger partial charge on any atom is 0.176 e. The van der Waals surface area contributed by atoms with Gasteiger partial charge in [-0.3, -0.25) is 0 Å². The first-order valence-corrected chi connectivity index (χ1v) is 7.47. The molecule has 1 unspecified atom stereocenters. The van der Waals surface area contributed by atoms with Gasteiger partial charge in [0, 0.05) is 18.8 Å². The topological polar surface area (TPSA) is 30.5 Å². The smallest absolute Gasteiger partial charge is 0.176 e. The lowest BCUT2D eigenvalue weighted by Crippen LogP contribution is -2.37. The predicted octanol–water partition coefficient (Wildman–Crippen LogP) is 3.71. The Morgan fingerprint density at radius 1 is 1.05 bits per heavy atom. The molecule has 0 heterocycles. The van der Waals surface area contributed by atoms with Gasteiger partial charge in [0.1, 0.15) is 0 Å². The number of rotatable bonds is 9. The molecule has 0 radical (unpaired) electrons. The molecule has 0 aromatic heterocycles. The van der Waals surface area contributed by atoms with E-state index in [1.54, 1.807) is 19.1 Å². The van der Waals surface area contributed by atoms with Gasteiger partial charge in [0.25, 0.3) is 0 Å². The molecule has 0 fully saturated rings. The van der Waals surface area contributed by atoms with Crippen LogP contribution in [0.1, 0.15) is 44.4 Å². The first-order valence-electron chi connectivity index (χ1n) is 7.47. The maximum atomic E-state index is 14.3. The molecule has 120 valence electrons. The number of nitrogens with one attached hydrogen (secondary N) is 1. The minimum Gasteiger partial charge on any atom is -0.351 e. The molecule has 0 saturated carbocycles. The van der Waals surface area contributed by atoms with E-state index in [2.05, 4.69) is 5.32 Å². The number of hydrogen-bond acceptors (Lipinski definition) is 3. The molecule has 1 atom stereocenters. The second kappa shape index (κ2) is 9.07. The summed E-state index contributed by atoms with van der Waals surface area (Å²) in [5.74, 6) is -1.66. The summed E-state index contributed by atoms with van der Waals surface area (Å²) in [5, 5.41) is 3.19. The zero-order valence-corrected chi connectivity index (χ0v) is 13.2. The van der Waals surface area contributed by atoms with Crippen molar-refractivity contribution < 1.29 is 18.3 Å². The highest BCUT2D eigenvalue weighted by Gasteiger charge is 2.28. The summed E-state index contributed by atoms with van der Waals surface area (Å²) in [5.41, 5.74) is 0.522. The number of benzene rings is 1. The van der Waals surface area contributed by atoms with Gasteiger partial charge in [0.2, 0.25) is 0 Å². The Kier molecular flexibility index (Phi) is 7.78. The predicted molar refractivity (Wildman–Crippen MR) is 79.2 cm³/mol. The van der Waals surface area contributed by atoms with Crippen LogP contribution in [-0.2, 0) is 9.47 Å². The largest absolute Gasteiger partial charge is 0.351 e. The molecule has 5 heteroatoms. The number of ether oxygens (including phenoxy) is 2. The van der Waals surface area contributed by atoms with Gasteiger partial charge in [0.15, 0.2) is 17.9 Å². The third kappa shape index (κ3) is 4.73. The lowest BCUT2D eigenvalue weighted by molar-refractivity contribution is -0.155. The van der Waals surface area contributed by atoms with Crippen molar-refractivity contribution >= 4 is 0 Å². The molecule has 21 heavy (non-hydrogen) atoms. The summed E-state index contributed by atoms with van der Waals surface area (Å²) >= 11 is 0. The van der Waals surface area contributed by atoms with Gasteiger partial charge in [-0.05, 0) is 39.3 Å². The normalized spacial score (nSPS) is 12.9. The van der Waals surface area contributed by atoms with Crippen molar-refractivity contribution in [3.05, 3.63) is 34.9 Å². The number of aryl methyl sites for hydroxylation is 1. The monoisotopic (exact) mass is 301 g/mol. The van der Waals surface area contributed by atoms with Crippen LogP contribution in [-0.4, -0.2) is 26.0 Å². The van der Waals surface area contributed by atoms with Crippen LogP contribution in [0.4, 0.5) is 8.78 Å². The Labute approximate surface area is 125 Å². The van der Waals surface area contributed by atoms with E-state index < -0.39 is 24.0 Å². The van der Waals surface area contributed by atoms with Crippen LogP contribution in [0.3, 0.4) is 0 Å². The molecule has 0 aliphatic carbocycles. The first-order chi connectivity index (χ1) is 10.1. The zero-order valence-electron chi connectivity index (χ0n) is 13.2. The van der Waals surface area contributed by atoms with Crippen molar-refractivity contribution in [2.24, 2.45) is 0 Å². The summed E-state index contributed by atoms with van der Waals surface area (Å²) in [6.07, 6.45) is 0.223. The fourth-order valence-corrected chi connectivity index (χ4v) is 2.12. The second-order valence-electron chi connectivity index (χ2n) is 4.81. The van der Waals surface area contributed by atoms with Crippen molar-refractivity contribution in [1.29, 1.82) is 0 Å². The fourth-order valence-electron chi connectivity index (χ4n) is 2.12. The number of halogens is 2. The standard InChI is InChI=1S/C16H25F2NO2/c1-5-10-19-15(16(20-6-2)21-7-3)12-9-8-11(4)13(17)14(12)18/h8-9,15-16,19H,5-7,10H2,1-4H3. The Morgan fingerprint density at radius 2 is 1.67 bits per heavy atom. The molecule has 0 spiro atoms. The Balaban J connectivity index is 3.13. The molecule has 3 nitrogen and oxygen atoms in total. The summed E-state index contributed by atoms with van der Waals surface area (Å²) in [6, 6.07) is 2.62. The highest BCUT2D eigenvalue weighted by molar-refractivity contribution is 5.28. The van der Waals surface area contributed by atoms with Crippen molar-refractivity contribution in [3.8, 4) is 0 Å². The Morgan fingerprint density at radius 3 is 2.19 bits per heavy atom. The lowest BCUT2D eigenvalue weighted by Gasteiger charge is -2.28. The van der Waals surface area contributed by atoms with Gasteiger partial charge >= 0.3 is 0 Å². The van der Waals surface area contributed by atoms with Gasteiger partial charge in [-0.25, -0.2) is 8.78 Å². The van der Waals surface area contributed by atoms with E-state index in [0.717, 1.165) is 6.42 Å². The van der Waals surface area contributed by atoms with E-state index in [9.17, 15) is 8.78 Å². The van der Waals surface area contributed by atoms with E-state index in [1.165, 1.54) is 0 Å². The molecule has 1 aromatic rings. The van der Waals surface area contributed by atoms with E-state index in [1.807, 2.05) is 20.8 Å². The van der Waals surface area contributed by atoms with Crippen LogP contribution in [0.25, 0.3) is 0 Å². The molecule has 0 bridgehead atoms. The van der Waals surface area contributed by atoms with Crippen molar-refractivity contribution in [3.63, 3.8) is 0 Å². The van der Waals surface area contributed by atoms with Gasteiger partial charge < -0.3 is 14.8 Å². The third-order valence-corrected chi connectivity index (χ3v) is 3.19. The average molecular weight is 301 g/mol. The van der Waals surface area contributed by atoms with Crippen LogP contribution < -0.4 is 5.32 Å². The SMILES string of the molecule is CCCNC(c1ccc(C)c(F)c1F)C(OCC)OCC. The quantitative estimate of drug-likeness (QED) is 0.705. The van der Waals surface area contributed by atoms with E-state index in [-0.39, 0.29) is 11.1 Å². The number of hydrogen-bond donors (Lipinski definition) is 1. The van der Waals surface area contributed by atoms with E-state index >= 15 is 0 Å². The molecule has 0 amide bonds. The lowest BCUT2D eigenvalue weighted by atomic mass is 10.0. The molecular weight excluding hydrogens is 276 g/mol. The average Bonchev–Trinajstić information content (AvgIpc) is 2.47. The molecule has 0 aliphatic rings. The summed E-state index contributed by atoms with van der Waals surface area (Å²) in [7, 11) is 0.